The summed E-state index contributed by atoms with van der Waals surface area (Å²) in [6.07, 6.45) is 0. The maximum atomic E-state index is 4.80. The zero-order chi connectivity index (χ0) is 34.8. The summed E-state index contributed by atoms with van der Waals surface area (Å²) in [5.41, 5.74) is 16.1. The molecule has 0 unspecified atom stereocenters. The second-order valence-electron chi connectivity index (χ2n) is 14.7. The van der Waals surface area contributed by atoms with Gasteiger partial charge in [0, 0.05) is 5.69 Å². The molecule has 0 saturated heterocycles. The van der Waals surface area contributed by atoms with Crippen molar-refractivity contribution in [1.82, 2.24) is 9.55 Å². The molecule has 1 spiro atoms. The van der Waals surface area contributed by atoms with Crippen molar-refractivity contribution in [3.63, 3.8) is 0 Å². The average molecular weight is 673 g/mol. The van der Waals surface area contributed by atoms with Gasteiger partial charge in [0.05, 0.1) is 16.4 Å². The Hall–Kier alpha value is -6.77. The number of para-hydroxylation sites is 2. The van der Waals surface area contributed by atoms with Crippen molar-refractivity contribution in [2.24, 2.45) is 0 Å². The number of benzene rings is 9. The zero-order valence-corrected chi connectivity index (χ0v) is 29.1. The summed E-state index contributed by atoms with van der Waals surface area (Å²) >= 11 is 0. The summed E-state index contributed by atoms with van der Waals surface area (Å²) in [7, 11) is 0. The maximum Gasteiger partial charge on any atom is 0.111 e. The third-order valence-corrected chi connectivity index (χ3v) is 12.1. The molecule has 2 aliphatic carbocycles. The number of nitrogens with zero attached hydrogens (tertiary/aromatic N) is 2. The first-order valence-corrected chi connectivity index (χ1v) is 18.5. The van der Waals surface area contributed by atoms with E-state index < -0.39 is 5.41 Å². The zero-order valence-electron chi connectivity index (χ0n) is 29.1. The Balaban J connectivity index is 1.12. The van der Waals surface area contributed by atoms with E-state index >= 15 is 0 Å². The quantitative estimate of drug-likeness (QED) is 0.167. The van der Waals surface area contributed by atoms with Gasteiger partial charge in [0.15, 0.2) is 0 Å². The van der Waals surface area contributed by atoms with Crippen molar-refractivity contribution >= 4 is 43.4 Å². The van der Waals surface area contributed by atoms with E-state index in [1.54, 1.807) is 0 Å². The van der Waals surface area contributed by atoms with Gasteiger partial charge in [-0.3, -0.25) is 4.57 Å². The molecular weight excluding hydrogens is 641 g/mol. The van der Waals surface area contributed by atoms with Crippen LogP contribution in [-0.2, 0) is 5.41 Å². The molecule has 53 heavy (non-hydrogen) atoms. The van der Waals surface area contributed by atoms with Gasteiger partial charge in [-0.05, 0) is 137 Å². The second-order valence-corrected chi connectivity index (χ2v) is 14.7. The van der Waals surface area contributed by atoms with Crippen molar-refractivity contribution in [2.75, 3.05) is 0 Å². The fourth-order valence-corrected chi connectivity index (χ4v) is 10.0. The molecule has 9 aromatic carbocycles. The fraction of sp³-hybridized carbons (Fsp3) is 0.0392. The van der Waals surface area contributed by atoms with E-state index in [0.29, 0.717) is 0 Å². The highest BCUT2D eigenvalue weighted by Gasteiger charge is 2.53. The number of aryl methyl sites for hydroxylation is 1. The molecular formula is C51H32N2. The summed E-state index contributed by atoms with van der Waals surface area (Å²) in [5, 5.41) is 7.77. The van der Waals surface area contributed by atoms with Crippen molar-refractivity contribution in [3.05, 3.63) is 204 Å². The third kappa shape index (κ3) is 3.70. The molecule has 2 heteroatoms. The number of hydrogen-bond donors (Lipinski definition) is 0. The molecule has 0 N–H and O–H groups in total. The van der Waals surface area contributed by atoms with Crippen LogP contribution in [0.4, 0.5) is 0 Å². The first-order chi connectivity index (χ1) is 26.2. The van der Waals surface area contributed by atoms with Gasteiger partial charge in [0.1, 0.15) is 5.82 Å². The van der Waals surface area contributed by atoms with Crippen LogP contribution in [0.15, 0.2) is 176 Å². The fourth-order valence-electron chi connectivity index (χ4n) is 10.0. The lowest BCUT2D eigenvalue weighted by Crippen LogP contribution is -2.26. The molecule has 0 atom stereocenters. The predicted molar refractivity (Wildman–Crippen MR) is 220 cm³/mol. The molecule has 0 radical (unpaired) electrons. The smallest absolute Gasteiger partial charge is 0.111 e. The molecule has 0 amide bonds. The van der Waals surface area contributed by atoms with Gasteiger partial charge in [-0.1, -0.05) is 133 Å². The van der Waals surface area contributed by atoms with E-state index in [0.717, 1.165) is 22.5 Å². The SMILES string of the molecule is Cc1nc2ccccc2n1-c1ccc(-c2ccc3cc4c(cc3c2)C2(c3ccccc3-c3ccccc32)c2c-4c3ccccc3c3ccccc23)cc1. The molecule has 1 aromatic heterocycles. The molecule has 2 aliphatic rings. The van der Waals surface area contributed by atoms with Crippen molar-refractivity contribution < 1.29 is 0 Å². The van der Waals surface area contributed by atoms with Gasteiger partial charge in [-0.15, -0.1) is 0 Å². The van der Waals surface area contributed by atoms with Crippen LogP contribution in [0.2, 0.25) is 0 Å². The highest BCUT2D eigenvalue weighted by Crippen LogP contribution is 2.65. The molecule has 0 fully saturated rings. The Morgan fingerprint density at radius 2 is 1.06 bits per heavy atom. The molecule has 12 rings (SSSR count). The van der Waals surface area contributed by atoms with Crippen molar-refractivity contribution in [3.8, 4) is 39.1 Å². The number of aromatic nitrogens is 2. The lowest BCUT2D eigenvalue weighted by atomic mass is 9.69. The number of rotatable bonds is 2. The summed E-state index contributed by atoms with van der Waals surface area (Å²) in [6.45, 7) is 2.08. The lowest BCUT2D eigenvalue weighted by molar-refractivity contribution is 0.803. The monoisotopic (exact) mass is 672 g/mol. The van der Waals surface area contributed by atoms with E-state index in [1.807, 2.05) is 6.07 Å². The summed E-state index contributed by atoms with van der Waals surface area (Å²) in [6, 6.07) is 65.6. The van der Waals surface area contributed by atoms with Crippen LogP contribution in [0.5, 0.6) is 0 Å². The predicted octanol–water partition coefficient (Wildman–Crippen LogP) is 12.8. The van der Waals surface area contributed by atoms with E-state index in [1.165, 1.54) is 88.0 Å². The Labute approximate surface area is 307 Å². The first-order valence-electron chi connectivity index (χ1n) is 18.5. The third-order valence-electron chi connectivity index (χ3n) is 12.1. The van der Waals surface area contributed by atoms with Gasteiger partial charge in [0.25, 0.3) is 0 Å². The molecule has 246 valence electrons. The van der Waals surface area contributed by atoms with Gasteiger partial charge < -0.3 is 0 Å². The Bertz CT molecular complexity index is 3130. The Morgan fingerprint density at radius 1 is 0.453 bits per heavy atom. The van der Waals surface area contributed by atoms with Crippen LogP contribution in [0.25, 0.3) is 82.4 Å². The average Bonchev–Trinajstić information content (AvgIpc) is 3.82. The molecule has 0 aliphatic heterocycles. The van der Waals surface area contributed by atoms with Gasteiger partial charge in [-0.2, -0.15) is 0 Å². The number of fused-ring (bicyclic) bond motifs is 17. The van der Waals surface area contributed by atoms with Gasteiger partial charge in [0.2, 0.25) is 0 Å². The molecule has 10 aromatic rings. The van der Waals surface area contributed by atoms with Crippen LogP contribution in [0.1, 0.15) is 28.1 Å². The summed E-state index contributed by atoms with van der Waals surface area (Å²) in [4.78, 5) is 4.80. The van der Waals surface area contributed by atoms with E-state index in [-0.39, 0.29) is 0 Å². The van der Waals surface area contributed by atoms with E-state index in [9.17, 15) is 0 Å². The second kappa shape index (κ2) is 10.4. The topological polar surface area (TPSA) is 17.8 Å². The minimum Gasteiger partial charge on any atom is -0.297 e. The molecule has 1 heterocycles. The molecule has 2 nitrogen and oxygen atoms in total. The Kier molecular flexibility index (Phi) is 5.67. The van der Waals surface area contributed by atoms with Crippen LogP contribution >= 0.6 is 0 Å². The molecule has 0 bridgehead atoms. The van der Waals surface area contributed by atoms with Crippen LogP contribution < -0.4 is 0 Å². The van der Waals surface area contributed by atoms with Gasteiger partial charge >= 0.3 is 0 Å². The summed E-state index contributed by atoms with van der Waals surface area (Å²) < 4.78 is 2.24. The van der Waals surface area contributed by atoms with E-state index in [2.05, 4.69) is 181 Å². The largest absolute Gasteiger partial charge is 0.297 e. The normalized spacial score (nSPS) is 13.5. The highest BCUT2D eigenvalue weighted by atomic mass is 15.1. The van der Waals surface area contributed by atoms with Crippen LogP contribution in [-0.4, -0.2) is 9.55 Å². The standard InChI is InChI=1S/C51H32N2/c1-31-52-47-20-10-11-21-48(47)53(31)36-26-24-32(25-27-36)33-22-23-34-29-43-46(30-35(34)28-33)51(44-18-8-6-14-39(44)40-15-7-9-19-45(40)51)50-42-17-5-3-13-38(42)37-12-2-4-16-41(37)49(43)50/h2-30H,1H3. The highest BCUT2D eigenvalue weighted by molar-refractivity contribution is 6.20. The minimum absolute atomic E-state index is 0.446. The number of hydrogen-bond acceptors (Lipinski definition) is 1. The number of imidazole rings is 1. The van der Waals surface area contributed by atoms with Crippen molar-refractivity contribution in [2.45, 2.75) is 12.3 Å². The lowest BCUT2D eigenvalue weighted by Gasteiger charge is -2.32. The van der Waals surface area contributed by atoms with Crippen LogP contribution in [0, 0.1) is 6.92 Å². The van der Waals surface area contributed by atoms with E-state index in [4.69, 9.17) is 4.98 Å². The van der Waals surface area contributed by atoms with Gasteiger partial charge in [-0.25, -0.2) is 4.98 Å². The van der Waals surface area contributed by atoms with Crippen molar-refractivity contribution in [1.29, 1.82) is 0 Å². The minimum atomic E-state index is -0.446. The van der Waals surface area contributed by atoms with Crippen LogP contribution in [0.3, 0.4) is 0 Å². The molecule has 0 saturated carbocycles. The summed E-state index contributed by atoms with van der Waals surface area (Å²) in [5.74, 6) is 0.990. The maximum absolute atomic E-state index is 4.80. The first kappa shape index (κ1) is 28.9. The Morgan fingerprint density at radius 3 is 1.81 bits per heavy atom.